The number of aromatic nitrogens is 2. The van der Waals surface area contributed by atoms with E-state index in [1.807, 2.05) is 18.7 Å². The smallest absolute Gasteiger partial charge is 0.0596 e. The van der Waals surface area contributed by atoms with Gasteiger partial charge in [-0.25, -0.2) is 0 Å². The zero-order valence-electron chi connectivity index (χ0n) is 11.9. The lowest BCUT2D eigenvalue weighted by molar-refractivity contribution is 0.0969. The largest absolute Gasteiger partial charge is 0.326 e. The molecule has 1 aliphatic rings. The summed E-state index contributed by atoms with van der Waals surface area (Å²) in [6.07, 6.45) is 0.889. The Morgan fingerprint density at radius 3 is 2.72 bits per heavy atom. The van der Waals surface area contributed by atoms with Crippen molar-refractivity contribution >= 4 is 0 Å². The highest BCUT2D eigenvalue weighted by Gasteiger charge is 2.28. The van der Waals surface area contributed by atoms with Crippen LogP contribution in [0.25, 0.3) is 0 Å². The summed E-state index contributed by atoms with van der Waals surface area (Å²) in [6, 6.07) is 2.72. The summed E-state index contributed by atoms with van der Waals surface area (Å²) < 4.78 is 1.95. The van der Waals surface area contributed by atoms with Crippen LogP contribution in [0.3, 0.4) is 0 Å². The van der Waals surface area contributed by atoms with Gasteiger partial charge in [0.05, 0.1) is 5.69 Å². The number of likely N-dealkylation sites (N-methyl/N-ethyl adjacent to an activating group) is 2. The van der Waals surface area contributed by atoms with Gasteiger partial charge in [-0.15, -0.1) is 0 Å². The van der Waals surface area contributed by atoms with E-state index < -0.39 is 0 Å². The quantitative estimate of drug-likeness (QED) is 0.811. The molecule has 0 amide bonds. The van der Waals surface area contributed by atoms with E-state index in [2.05, 4.69) is 35.1 Å². The van der Waals surface area contributed by atoms with Crippen LogP contribution in [-0.2, 0) is 13.5 Å². The van der Waals surface area contributed by atoms with Crippen molar-refractivity contribution in [2.75, 3.05) is 33.7 Å². The molecule has 2 heterocycles. The van der Waals surface area contributed by atoms with Gasteiger partial charge in [-0.3, -0.25) is 9.58 Å². The first-order chi connectivity index (χ1) is 8.47. The number of nitrogens with two attached hydrogens (primary N) is 1. The molecule has 5 nitrogen and oxygen atoms in total. The summed E-state index contributed by atoms with van der Waals surface area (Å²) >= 11 is 0. The third-order valence-electron chi connectivity index (χ3n) is 3.94. The van der Waals surface area contributed by atoms with Crippen molar-refractivity contribution < 1.29 is 0 Å². The van der Waals surface area contributed by atoms with E-state index in [0.717, 1.165) is 31.7 Å². The van der Waals surface area contributed by atoms with Gasteiger partial charge in [-0.05, 0) is 27.1 Å². The highest BCUT2D eigenvalue weighted by atomic mass is 15.3. The highest BCUT2D eigenvalue weighted by molar-refractivity contribution is 5.11. The molecule has 0 bridgehead atoms. The topological polar surface area (TPSA) is 50.3 Å². The molecule has 1 aromatic heterocycles. The average molecular weight is 251 g/mol. The Labute approximate surface area is 110 Å². The zero-order chi connectivity index (χ0) is 13.3. The molecule has 1 aliphatic heterocycles. The lowest BCUT2D eigenvalue weighted by atomic mass is 10.00. The Balaban J connectivity index is 2.02. The fourth-order valence-electron chi connectivity index (χ4n) is 2.74. The molecule has 1 aromatic rings. The van der Waals surface area contributed by atoms with Crippen molar-refractivity contribution in [3.63, 3.8) is 0 Å². The number of nitrogens with zero attached hydrogens (tertiary/aromatic N) is 4. The predicted molar refractivity (Wildman–Crippen MR) is 73.5 cm³/mol. The summed E-state index contributed by atoms with van der Waals surface area (Å²) in [7, 11) is 6.33. The molecule has 2 rings (SSSR count). The molecular formula is C13H25N5. The van der Waals surface area contributed by atoms with Gasteiger partial charge in [0.25, 0.3) is 0 Å². The maximum absolute atomic E-state index is 6.40. The van der Waals surface area contributed by atoms with E-state index in [1.54, 1.807) is 0 Å². The van der Waals surface area contributed by atoms with Crippen molar-refractivity contribution in [2.45, 2.75) is 25.4 Å². The summed E-state index contributed by atoms with van der Waals surface area (Å²) in [6.45, 7) is 5.30. The number of piperazine rings is 1. The standard InChI is InChI=1S/C13H25N5/c1-10-7-11(18(4)15-10)8-12(14)13-9-16(2)5-6-17(13)3/h7,12-13H,5-6,8-9,14H2,1-4H3. The van der Waals surface area contributed by atoms with Gasteiger partial charge in [0, 0.05) is 50.9 Å². The Morgan fingerprint density at radius 2 is 2.11 bits per heavy atom. The van der Waals surface area contributed by atoms with Crippen LogP contribution in [0.1, 0.15) is 11.4 Å². The van der Waals surface area contributed by atoms with Crippen LogP contribution in [0.2, 0.25) is 0 Å². The second-order valence-electron chi connectivity index (χ2n) is 5.58. The molecule has 0 aromatic carbocycles. The maximum atomic E-state index is 6.40. The van der Waals surface area contributed by atoms with Gasteiger partial charge in [0.2, 0.25) is 0 Å². The van der Waals surface area contributed by atoms with Crippen LogP contribution in [0.15, 0.2) is 6.07 Å². The first-order valence-corrected chi connectivity index (χ1v) is 6.61. The Morgan fingerprint density at radius 1 is 1.39 bits per heavy atom. The Hall–Kier alpha value is -0.910. The minimum absolute atomic E-state index is 0.160. The van der Waals surface area contributed by atoms with Crippen molar-refractivity contribution in [2.24, 2.45) is 12.8 Å². The average Bonchev–Trinajstić information content (AvgIpc) is 2.61. The van der Waals surface area contributed by atoms with Crippen molar-refractivity contribution in [1.29, 1.82) is 0 Å². The van der Waals surface area contributed by atoms with Crippen LogP contribution in [0, 0.1) is 6.92 Å². The molecule has 0 saturated carbocycles. The lowest BCUT2D eigenvalue weighted by Gasteiger charge is -2.40. The van der Waals surface area contributed by atoms with Crippen molar-refractivity contribution in [1.82, 2.24) is 19.6 Å². The minimum Gasteiger partial charge on any atom is -0.326 e. The monoisotopic (exact) mass is 251 g/mol. The van der Waals surface area contributed by atoms with Crippen LogP contribution in [0.4, 0.5) is 0 Å². The maximum Gasteiger partial charge on any atom is 0.0596 e. The summed E-state index contributed by atoms with van der Waals surface area (Å²) in [4.78, 5) is 4.74. The third kappa shape index (κ3) is 2.91. The molecule has 5 heteroatoms. The number of rotatable bonds is 3. The molecule has 1 saturated heterocycles. The molecule has 2 unspecified atom stereocenters. The van der Waals surface area contributed by atoms with Crippen LogP contribution >= 0.6 is 0 Å². The summed E-state index contributed by atoms with van der Waals surface area (Å²) in [5, 5.41) is 4.38. The lowest BCUT2D eigenvalue weighted by Crippen LogP contribution is -2.58. The Bertz CT molecular complexity index is 400. The van der Waals surface area contributed by atoms with E-state index in [1.165, 1.54) is 5.69 Å². The summed E-state index contributed by atoms with van der Waals surface area (Å²) in [5.74, 6) is 0. The molecule has 102 valence electrons. The molecule has 2 atom stereocenters. The van der Waals surface area contributed by atoms with E-state index in [9.17, 15) is 0 Å². The van der Waals surface area contributed by atoms with E-state index >= 15 is 0 Å². The molecule has 0 aliphatic carbocycles. The fourth-order valence-corrected chi connectivity index (χ4v) is 2.74. The van der Waals surface area contributed by atoms with Crippen LogP contribution in [-0.4, -0.2) is 65.4 Å². The molecular weight excluding hydrogens is 226 g/mol. The van der Waals surface area contributed by atoms with Gasteiger partial charge in [-0.2, -0.15) is 5.10 Å². The summed E-state index contributed by atoms with van der Waals surface area (Å²) in [5.41, 5.74) is 8.69. The van der Waals surface area contributed by atoms with Gasteiger partial charge in [0.1, 0.15) is 0 Å². The molecule has 1 fully saturated rings. The van der Waals surface area contributed by atoms with E-state index in [-0.39, 0.29) is 6.04 Å². The number of hydrogen-bond acceptors (Lipinski definition) is 4. The molecule has 0 radical (unpaired) electrons. The van der Waals surface area contributed by atoms with E-state index in [4.69, 9.17) is 5.73 Å². The molecule has 18 heavy (non-hydrogen) atoms. The highest BCUT2D eigenvalue weighted by Crippen LogP contribution is 2.13. The normalized spacial score (nSPS) is 24.4. The predicted octanol–water partition coefficient (Wildman–Crippen LogP) is -0.156. The van der Waals surface area contributed by atoms with Gasteiger partial charge in [-0.1, -0.05) is 0 Å². The van der Waals surface area contributed by atoms with Crippen LogP contribution in [0.5, 0.6) is 0 Å². The number of aryl methyl sites for hydroxylation is 2. The number of hydrogen-bond donors (Lipinski definition) is 1. The van der Waals surface area contributed by atoms with Gasteiger partial charge in [0.15, 0.2) is 0 Å². The second-order valence-corrected chi connectivity index (χ2v) is 5.58. The second kappa shape index (κ2) is 5.38. The third-order valence-corrected chi connectivity index (χ3v) is 3.94. The fraction of sp³-hybridized carbons (Fsp3) is 0.769. The van der Waals surface area contributed by atoms with Crippen molar-refractivity contribution in [3.05, 3.63) is 17.5 Å². The first kappa shape index (κ1) is 13.5. The molecule has 0 spiro atoms. The van der Waals surface area contributed by atoms with Gasteiger partial charge >= 0.3 is 0 Å². The Kier molecular flexibility index (Phi) is 4.04. The van der Waals surface area contributed by atoms with E-state index in [0.29, 0.717) is 6.04 Å². The minimum atomic E-state index is 0.160. The van der Waals surface area contributed by atoms with Crippen LogP contribution < -0.4 is 5.73 Å². The SMILES string of the molecule is Cc1cc(CC(N)C2CN(C)CCN2C)n(C)n1. The van der Waals surface area contributed by atoms with Crippen molar-refractivity contribution in [3.8, 4) is 0 Å². The molecule has 2 N–H and O–H groups in total. The van der Waals surface area contributed by atoms with Gasteiger partial charge < -0.3 is 10.6 Å². The first-order valence-electron chi connectivity index (χ1n) is 6.61. The zero-order valence-corrected chi connectivity index (χ0v) is 11.9.